The number of rotatable bonds is 0. The van der Waals surface area contributed by atoms with Crippen molar-refractivity contribution in [1.82, 2.24) is 0 Å². The molecule has 5 fully saturated rings. The first kappa shape index (κ1) is 24.7. The molecule has 0 aliphatic heterocycles. The first-order valence-electron chi connectivity index (χ1n) is 15.4. The first-order chi connectivity index (χ1) is 15.4. The minimum absolute atomic E-state index is 0.585. The van der Waals surface area contributed by atoms with E-state index in [4.69, 9.17) is 0 Å². The van der Waals surface area contributed by atoms with Crippen LogP contribution >= 0.6 is 0 Å². The summed E-state index contributed by atoms with van der Waals surface area (Å²) in [6.07, 6.45) is 3.03. The van der Waals surface area contributed by atoms with E-state index in [0.29, 0.717) is 5.41 Å². The van der Waals surface area contributed by atoms with Crippen molar-refractivity contribution >= 4 is 0 Å². The molecule has 0 radical (unpaired) electrons. The minimum atomic E-state index is 0.585. The maximum Gasteiger partial charge on any atom is -0.0235 e. The second kappa shape index (κ2) is 8.00. The topological polar surface area (TPSA) is 0 Å². The second-order valence-corrected chi connectivity index (χ2v) is 15.5. The molecule has 5 saturated carbocycles. The Labute approximate surface area is 207 Å². The van der Waals surface area contributed by atoms with Gasteiger partial charge in [-0.05, 0) is 125 Å². The lowest BCUT2D eigenvalue weighted by Crippen LogP contribution is -2.56. The summed E-state index contributed by atoms with van der Waals surface area (Å²) in [5.41, 5.74) is 0.585. The van der Waals surface area contributed by atoms with Crippen LogP contribution in [0.2, 0.25) is 0 Å². The van der Waals surface area contributed by atoms with Crippen LogP contribution in [0.4, 0.5) is 0 Å². The Morgan fingerprint density at radius 3 is 1.33 bits per heavy atom. The smallest absolute Gasteiger partial charge is 0.0235 e. The van der Waals surface area contributed by atoms with Crippen LogP contribution in [0.3, 0.4) is 0 Å². The van der Waals surface area contributed by atoms with Crippen molar-refractivity contribution in [2.45, 2.75) is 95.9 Å². The largest absolute Gasteiger partial charge is 0.0622 e. The molecule has 0 aromatic heterocycles. The molecule has 5 aliphatic rings. The molecule has 0 heterocycles. The van der Waals surface area contributed by atoms with Gasteiger partial charge in [-0.3, -0.25) is 0 Å². The SMILES string of the molecule is CC1CC2(CC(C)C3C4C(C)C(C)C(C)C5C(C)C(C)C(C)C(C54)C3C2C)C(C)C(C)C1C. The van der Waals surface area contributed by atoms with Gasteiger partial charge in [-0.2, -0.15) is 0 Å². The van der Waals surface area contributed by atoms with Crippen molar-refractivity contribution in [2.24, 2.45) is 112 Å². The van der Waals surface area contributed by atoms with Gasteiger partial charge in [0.05, 0.1) is 0 Å². The normalized spacial score (nSPS) is 67.3. The van der Waals surface area contributed by atoms with Gasteiger partial charge in [-0.15, -0.1) is 0 Å². The molecule has 0 amide bonds. The van der Waals surface area contributed by atoms with Crippen LogP contribution in [0, 0.1) is 112 Å². The second-order valence-electron chi connectivity index (χ2n) is 15.5. The number of hydrogen-bond donors (Lipinski definition) is 0. The molecule has 5 aliphatic carbocycles. The standard InChI is InChI=1S/C33H58/c1-15-13-33(25(11)20(6)17(15)3)14-16(2)27-29-23(9)18(4)21(7)28-22(8)19(5)24(10)30(32(28)29)31(27)26(33)12/h15-32H,13-14H2,1-12H3. The molecule has 5 rings (SSSR count). The summed E-state index contributed by atoms with van der Waals surface area (Å²) in [5, 5.41) is 0. The van der Waals surface area contributed by atoms with Gasteiger partial charge < -0.3 is 0 Å². The summed E-state index contributed by atoms with van der Waals surface area (Å²) in [7, 11) is 0. The molecule has 0 heteroatoms. The van der Waals surface area contributed by atoms with Crippen molar-refractivity contribution < 1.29 is 0 Å². The van der Waals surface area contributed by atoms with E-state index >= 15 is 0 Å². The summed E-state index contributed by atoms with van der Waals surface area (Å²) in [6, 6.07) is 0. The van der Waals surface area contributed by atoms with E-state index in [2.05, 4.69) is 83.1 Å². The molecule has 0 N–H and O–H groups in total. The predicted molar refractivity (Wildman–Crippen MR) is 143 cm³/mol. The van der Waals surface area contributed by atoms with E-state index in [9.17, 15) is 0 Å². The van der Waals surface area contributed by atoms with E-state index < -0.39 is 0 Å². The lowest BCUT2D eigenvalue weighted by atomic mass is 9.43. The zero-order valence-electron chi connectivity index (χ0n) is 24.3. The monoisotopic (exact) mass is 454 g/mol. The highest BCUT2D eigenvalue weighted by atomic mass is 14.7. The Balaban J connectivity index is 1.62. The summed E-state index contributed by atoms with van der Waals surface area (Å²) in [4.78, 5) is 0. The molecule has 0 saturated heterocycles. The number of hydrogen-bond acceptors (Lipinski definition) is 0. The van der Waals surface area contributed by atoms with Gasteiger partial charge in [0.25, 0.3) is 0 Å². The van der Waals surface area contributed by atoms with Crippen LogP contribution in [0.25, 0.3) is 0 Å². The van der Waals surface area contributed by atoms with E-state index in [1.807, 2.05) is 0 Å². The highest BCUT2D eigenvalue weighted by Crippen LogP contribution is 2.74. The molecular formula is C33H58. The van der Waals surface area contributed by atoms with E-state index in [1.54, 1.807) is 0 Å². The quantitative estimate of drug-likeness (QED) is 0.342. The predicted octanol–water partition coefficient (Wildman–Crippen LogP) is 9.15. The summed E-state index contributed by atoms with van der Waals surface area (Å²) >= 11 is 0. The fourth-order valence-corrected chi connectivity index (χ4v) is 12.8. The van der Waals surface area contributed by atoms with Crippen molar-refractivity contribution in [3.05, 3.63) is 0 Å². The van der Waals surface area contributed by atoms with Gasteiger partial charge in [0.2, 0.25) is 0 Å². The van der Waals surface area contributed by atoms with Crippen molar-refractivity contribution in [1.29, 1.82) is 0 Å². The fraction of sp³-hybridized carbons (Fsp3) is 1.00. The summed E-state index contributed by atoms with van der Waals surface area (Å²) in [6.45, 7) is 31.9. The maximum absolute atomic E-state index is 2.79. The fourth-order valence-electron chi connectivity index (χ4n) is 12.8. The molecule has 0 aromatic carbocycles. The van der Waals surface area contributed by atoms with Crippen molar-refractivity contribution in [3.8, 4) is 0 Å². The highest BCUT2D eigenvalue weighted by Gasteiger charge is 2.69. The van der Waals surface area contributed by atoms with Crippen LogP contribution < -0.4 is 0 Å². The highest BCUT2D eigenvalue weighted by molar-refractivity contribution is 5.17. The van der Waals surface area contributed by atoms with E-state index in [1.165, 1.54) is 12.8 Å². The zero-order valence-corrected chi connectivity index (χ0v) is 24.3. The first-order valence-corrected chi connectivity index (χ1v) is 15.4. The lowest BCUT2D eigenvalue weighted by Gasteiger charge is -2.62. The van der Waals surface area contributed by atoms with Gasteiger partial charge >= 0.3 is 0 Å². The third-order valence-electron chi connectivity index (χ3n) is 15.4. The van der Waals surface area contributed by atoms with E-state index in [-0.39, 0.29) is 0 Å². The average molecular weight is 455 g/mol. The molecule has 1 spiro atoms. The van der Waals surface area contributed by atoms with E-state index in [0.717, 1.165) is 107 Å². The molecule has 190 valence electrons. The van der Waals surface area contributed by atoms with Gasteiger partial charge in [-0.25, -0.2) is 0 Å². The lowest BCUT2D eigenvalue weighted by molar-refractivity contribution is -0.136. The molecule has 0 bridgehead atoms. The van der Waals surface area contributed by atoms with Gasteiger partial charge in [0.15, 0.2) is 0 Å². The van der Waals surface area contributed by atoms with Crippen LogP contribution in [0.15, 0.2) is 0 Å². The molecule has 19 unspecified atom stereocenters. The molecule has 0 aromatic rings. The number of fused-ring (bicyclic) bond motifs is 3. The molecule has 0 nitrogen and oxygen atoms in total. The summed E-state index contributed by atoms with van der Waals surface area (Å²) < 4.78 is 0. The van der Waals surface area contributed by atoms with Crippen LogP contribution in [-0.4, -0.2) is 0 Å². The van der Waals surface area contributed by atoms with Gasteiger partial charge in [0, 0.05) is 0 Å². The molecular weight excluding hydrogens is 396 g/mol. The maximum atomic E-state index is 2.79. The Hall–Kier alpha value is 0. The minimum Gasteiger partial charge on any atom is -0.0622 e. The Morgan fingerprint density at radius 2 is 0.788 bits per heavy atom. The Kier molecular flexibility index (Phi) is 5.98. The van der Waals surface area contributed by atoms with Crippen LogP contribution in [0.5, 0.6) is 0 Å². The van der Waals surface area contributed by atoms with Gasteiger partial charge in [0.1, 0.15) is 0 Å². The average Bonchev–Trinajstić information content (AvgIpc) is 3.13. The van der Waals surface area contributed by atoms with Gasteiger partial charge in [-0.1, -0.05) is 83.1 Å². The molecule has 19 atom stereocenters. The Morgan fingerprint density at radius 1 is 0.333 bits per heavy atom. The summed E-state index contributed by atoms with van der Waals surface area (Å²) in [5.74, 6) is 16.7. The van der Waals surface area contributed by atoms with Crippen molar-refractivity contribution in [2.75, 3.05) is 0 Å². The van der Waals surface area contributed by atoms with Crippen LogP contribution in [-0.2, 0) is 0 Å². The zero-order chi connectivity index (χ0) is 24.3. The van der Waals surface area contributed by atoms with Crippen LogP contribution in [0.1, 0.15) is 95.9 Å². The molecule has 33 heavy (non-hydrogen) atoms. The third kappa shape index (κ3) is 3.00. The van der Waals surface area contributed by atoms with Crippen molar-refractivity contribution in [3.63, 3.8) is 0 Å². The third-order valence-corrected chi connectivity index (χ3v) is 15.4. The Bertz CT molecular complexity index is 734.